The van der Waals surface area contributed by atoms with Crippen LogP contribution >= 0.6 is 0 Å². The highest BCUT2D eigenvalue weighted by Gasteiger charge is 2.15. The summed E-state index contributed by atoms with van der Waals surface area (Å²) in [6, 6.07) is 3.57. The summed E-state index contributed by atoms with van der Waals surface area (Å²) in [6.07, 6.45) is 3.60. The highest BCUT2D eigenvalue weighted by molar-refractivity contribution is 7.90. The molecule has 0 aliphatic rings. The Morgan fingerprint density at radius 1 is 1.23 bits per heavy atom. The minimum atomic E-state index is -3.45. The van der Waals surface area contributed by atoms with Gasteiger partial charge in [-0.2, -0.15) is 0 Å². The lowest BCUT2D eigenvalue weighted by molar-refractivity contribution is 0.422. The quantitative estimate of drug-likeness (QED) is 0.863. The van der Waals surface area contributed by atoms with Crippen molar-refractivity contribution in [3.05, 3.63) is 46.9 Å². The van der Waals surface area contributed by atoms with Crippen LogP contribution < -0.4 is 4.74 Å². The molecular weight excluding hydrogens is 305 g/mol. The third kappa shape index (κ3) is 3.27. The summed E-state index contributed by atoms with van der Waals surface area (Å²) >= 11 is 0. The van der Waals surface area contributed by atoms with Crippen molar-refractivity contribution in [2.24, 2.45) is 0 Å². The van der Waals surface area contributed by atoms with E-state index in [9.17, 15) is 12.8 Å². The van der Waals surface area contributed by atoms with Crippen molar-refractivity contribution in [3.63, 3.8) is 0 Å². The molecule has 0 spiro atoms. The van der Waals surface area contributed by atoms with Gasteiger partial charge in [0.15, 0.2) is 21.4 Å². The molecular formula is C16H18FNO3S. The Morgan fingerprint density at radius 2 is 1.91 bits per heavy atom. The van der Waals surface area contributed by atoms with Crippen LogP contribution in [0.5, 0.6) is 11.6 Å². The maximum Gasteiger partial charge on any atom is 0.222 e. The zero-order valence-corrected chi connectivity index (χ0v) is 13.8. The number of hydrogen-bond donors (Lipinski definition) is 0. The molecule has 2 aromatic rings. The number of pyridine rings is 1. The van der Waals surface area contributed by atoms with E-state index in [2.05, 4.69) is 4.98 Å². The van der Waals surface area contributed by atoms with Crippen LogP contribution in [0.25, 0.3) is 0 Å². The molecule has 1 heterocycles. The summed E-state index contributed by atoms with van der Waals surface area (Å²) in [5, 5.41) is 0. The molecule has 0 radical (unpaired) electrons. The molecule has 0 amide bonds. The molecule has 0 aliphatic heterocycles. The largest absolute Gasteiger partial charge is 0.436 e. The molecule has 0 atom stereocenters. The molecule has 0 saturated heterocycles. The van der Waals surface area contributed by atoms with Gasteiger partial charge in [-0.05, 0) is 49.6 Å². The lowest BCUT2D eigenvalue weighted by Gasteiger charge is -2.13. The maximum atomic E-state index is 14.0. The number of ether oxygens (including phenoxy) is 1. The fourth-order valence-electron chi connectivity index (χ4n) is 2.09. The molecule has 118 valence electrons. The minimum absolute atomic E-state index is 0.0494. The molecule has 4 nitrogen and oxygen atoms in total. The molecule has 0 aliphatic carbocycles. The molecule has 1 aromatic heterocycles. The topological polar surface area (TPSA) is 56.3 Å². The lowest BCUT2D eigenvalue weighted by atomic mass is 10.1. The van der Waals surface area contributed by atoms with Crippen LogP contribution in [-0.4, -0.2) is 19.7 Å². The van der Waals surface area contributed by atoms with Gasteiger partial charge in [-0.25, -0.2) is 17.8 Å². The molecule has 0 saturated carbocycles. The molecule has 1 aromatic carbocycles. The lowest BCUT2D eigenvalue weighted by Crippen LogP contribution is -2.01. The smallest absolute Gasteiger partial charge is 0.222 e. The monoisotopic (exact) mass is 323 g/mol. The summed E-state index contributed by atoms with van der Waals surface area (Å²) < 4.78 is 42.3. The Labute approximate surface area is 129 Å². The van der Waals surface area contributed by atoms with Crippen molar-refractivity contribution < 1.29 is 17.5 Å². The van der Waals surface area contributed by atoms with E-state index in [1.165, 1.54) is 12.1 Å². The SMILES string of the molecule is CCc1cnc(Oc2ccc(S(C)(=O)=O)cc2F)c(C)c1C. The molecule has 2 rings (SSSR count). The van der Waals surface area contributed by atoms with Gasteiger partial charge in [-0.15, -0.1) is 0 Å². The first-order valence-electron chi connectivity index (χ1n) is 6.86. The van der Waals surface area contributed by atoms with Gasteiger partial charge < -0.3 is 4.74 Å². The summed E-state index contributed by atoms with van der Waals surface area (Å²) in [6.45, 7) is 5.86. The van der Waals surface area contributed by atoms with E-state index in [1.807, 2.05) is 20.8 Å². The van der Waals surface area contributed by atoms with Gasteiger partial charge in [0, 0.05) is 18.0 Å². The predicted molar refractivity (Wildman–Crippen MR) is 82.7 cm³/mol. The Bertz CT molecular complexity index is 816. The Balaban J connectivity index is 2.38. The van der Waals surface area contributed by atoms with Crippen molar-refractivity contribution in [1.82, 2.24) is 4.98 Å². The van der Waals surface area contributed by atoms with Crippen molar-refractivity contribution >= 4 is 9.84 Å². The Kier molecular flexibility index (Phi) is 4.51. The number of rotatable bonds is 4. The fraction of sp³-hybridized carbons (Fsp3) is 0.312. The van der Waals surface area contributed by atoms with E-state index >= 15 is 0 Å². The van der Waals surface area contributed by atoms with Gasteiger partial charge in [0.2, 0.25) is 5.88 Å². The van der Waals surface area contributed by atoms with Gasteiger partial charge in [0.1, 0.15) is 0 Å². The summed E-state index contributed by atoms with van der Waals surface area (Å²) in [4.78, 5) is 4.13. The Hall–Kier alpha value is -1.95. The van der Waals surface area contributed by atoms with Crippen LogP contribution in [0, 0.1) is 19.7 Å². The standard InChI is InChI=1S/C16H18FNO3S/c1-5-12-9-18-16(11(3)10(12)2)21-15-7-6-13(8-14(15)17)22(4,19)20/h6-9H,5H2,1-4H3. The van der Waals surface area contributed by atoms with Crippen LogP contribution in [0.4, 0.5) is 4.39 Å². The van der Waals surface area contributed by atoms with Crippen LogP contribution in [0.2, 0.25) is 0 Å². The van der Waals surface area contributed by atoms with E-state index < -0.39 is 15.7 Å². The van der Waals surface area contributed by atoms with Crippen LogP contribution in [0.1, 0.15) is 23.6 Å². The van der Waals surface area contributed by atoms with Gasteiger partial charge in [0.05, 0.1) is 4.90 Å². The predicted octanol–water partition coefficient (Wildman–Crippen LogP) is 3.60. The number of aryl methyl sites for hydroxylation is 1. The summed E-state index contributed by atoms with van der Waals surface area (Å²) in [5.41, 5.74) is 3.00. The molecule has 6 heteroatoms. The molecule has 0 N–H and O–H groups in total. The summed E-state index contributed by atoms with van der Waals surface area (Å²) in [7, 11) is -3.45. The molecule has 0 fully saturated rings. The van der Waals surface area contributed by atoms with Gasteiger partial charge in [0.25, 0.3) is 0 Å². The molecule has 22 heavy (non-hydrogen) atoms. The number of sulfone groups is 1. The van der Waals surface area contributed by atoms with Gasteiger partial charge >= 0.3 is 0 Å². The van der Waals surface area contributed by atoms with Gasteiger partial charge in [-0.3, -0.25) is 0 Å². The fourth-order valence-corrected chi connectivity index (χ4v) is 2.72. The van der Waals surface area contributed by atoms with Crippen LogP contribution in [0.3, 0.4) is 0 Å². The second-order valence-electron chi connectivity index (χ2n) is 5.16. The van der Waals surface area contributed by atoms with Crippen LogP contribution in [0.15, 0.2) is 29.3 Å². The van der Waals surface area contributed by atoms with Crippen molar-refractivity contribution in [1.29, 1.82) is 0 Å². The number of hydrogen-bond acceptors (Lipinski definition) is 4. The van der Waals surface area contributed by atoms with E-state index in [-0.39, 0.29) is 10.6 Å². The number of benzene rings is 1. The first-order chi connectivity index (χ1) is 10.2. The third-order valence-electron chi connectivity index (χ3n) is 3.62. The highest BCUT2D eigenvalue weighted by Crippen LogP contribution is 2.29. The number of halogens is 1. The van der Waals surface area contributed by atoms with Crippen molar-refractivity contribution in [2.45, 2.75) is 32.1 Å². The average Bonchev–Trinajstić information content (AvgIpc) is 2.45. The second kappa shape index (κ2) is 6.04. The zero-order chi connectivity index (χ0) is 16.5. The highest BCUT2D eigenvalue weighted by atomic mass is 32.2. The summed E-state index contributed by atoms with van der Waals surface area (Å²) in [5.74, 6) is -0.464. The van der Waals surface area contributed by atoms with Gasteiger partial charge in [-0.1, -0.05) is 6.92 Å². The van der Waals surface area contributed by atoms with Crippen molar-refractivity contribution in [2.75, 3.05) is 6.26 Å². The van der Waals surface area contributed by atoms with E-state index in [0.29, 0.717) is 5.88 Å². The first kappa shape index (κ1) is 16.4. The van der Waals surface area contributed by atoms with E-state index in [0.717, 1.165) is 35.4 Å². The van der Waals surface area contributed by atoms with Crippen molar-refractivity contribution in [3.8, 4) is 11.6 Å². The second-order valence-corrected chi connectivity index (χ2v) is 7.17. The zero-order valence-electron chi connectivity index (χ0n) is 13.0. The maximum absolute atomic E-state index is 14.0. The number of nitrogens with zero attached hydrogens (tertiary/aromatic N) is 1. The van der Waals surface area contributed by atoms with E-state index in [4.69, 9.17) is 4.74 Å². The minimum Gasteiger partial charge on any atom is -0.436 e. The first-order valence-corrected chi connectivity index (χ1v) is 8.75. The Morgan fingerprint density at radius 3 is 2.45 bits per heavy atom. The normalized spacial score (nSPS) is 11.5. The third-order valence-corrected chi connectivity index (χ3v) is 4.73. The van der Waals surface area contributed by atoms with E-state index in [1.54, 1.807) is 6.20 Å². The molecule has 0 unspecified atom stereocenters. The average molecular weight is 323 g/mol. The number of aromatic nitrogens is 1. The molecule has 0 bridgehead atoms. The van der Waals surface area contributed by atoms with Crippen LogP contribution in [-0.2, 0) is 16.3 Å².